The van der Waals surface area contributed by atoms with Crippen LogP contribution in [0.4, 0.5) is 0 Å². The maximum atomic E-state index is 5.73. The molecule has 0 aromatic rings. The molecule has 0 aliphatic carbocycles. The van der Waals surface area contributed by atoms with Gasteiger partial charge >= 0.3 is 8.80 Å². The van der Waals surface area contributed by atoms with Crippen LogP contribution in [0.2, 0.25) is 6.04 Å². The average Bonchev–Trinajstić information content (AvgIpc) is 2.22. The highest BCUT2D eigenvalue weighted by Gasteiger charge is 2.39. The van der Waals surface area contributed by atoms with Crippen LogP contribution in [0.15, 0.2) is 0 Å². The van der Waals surface area contributed by atoms with Crippen LogP contribution in [0.1, 0.15) is 19.8 Å². The monoisotopic (exact) mass is 236 g/mol. The van der Waals surface area contributed by atoms with Crippen molar-refractivity contribution in [3.8, 4) is 0 Å². The highest BCUT2D eigenvalue weighted by Crippen LogP contribution is 2.15. The predicted octanol–water partition coefficient (Wildman–Crippen LogP) is 0.321. The lowest BCUT2D eigenvalue weighted by Gasteiger charge is -2.27. The first-order valence-electron chi connectivity index (χ1n) is 5.30. The SMILES string of the molecule is CO[Si](CC(C)N)(OC)OCCCCN. The first-order chi connectivity index (χ1) is 7.10. The van der Waals surface area contributed by atoms with Gasteiger partial charge in [0.1, 0.15) is 0 Å². The molecule has 0 aromatic carbocycles. The highest BCUT2D eigenvalue weighted by molar-refractivity contribution is 6.60. The van der Waals surface area contributed by atoms with Gasteiger partial charge in [-0.2, -0.15) is 0 Å². The summed E-state index contributed by atoms with van der Waals surface area (Å²) in [5.74, 6) is 0. The van der Waals surface area contributed by atoms with E-state index in [0.717, 1.165) is 12.8 Å². The van der Waals surface area contributed by atoms with Gasteiger partial charge < -0.3 is 24.7 Å². The van der Waals surface area contributed by atoms with E-state index in [-0.39, 0.29) is 6.04 Å². The Kier molecular flexibility index (Phi) is 8.21. The van der Waals surface area contributed by atoms with Gasteiger partial charge in [0, 0.05) is 32.9 Å². The molecule has 0 bridgehead atoms. The van der Waals surface area contributed by atoms with E-state index in [9.17, 15) is 0 Å². The summed E-state index contributed by atoms with van der Waals surface area (Å²) in [6.07, 6.45) is 1.88. The summed E-state index contributed by atoms with van der Waals surface area (Å²) in [6, 6.07) is 0.661. The smallest absolute Gasteiger partial charge is 0.377 e. The maximum Gasteiger partial charge on any atom is 0.501 e. The van der Waals surface area contributed by atoms with Crippen LogP contribution in [0, 0.1) is 0 Å². The fourth-order valence-corrected chi connectivity index (χ4v) is 3.39. The fraction of sp³-hybridized carbons (Fsp3) is 1.00. The number of hydrogen-bond donors (Lipinski definition) is 2. The zero-order chi connectivity index (χ0) is 11.7. The molecule has 1 unspecified atom stereocenters. The largest absolute Gasteiger partial charge is 0.501 e. The molecular weight excluding hydrogens is 212 g/mol. The van der Waals surface area contributed by atoms with Crippen LogP contribution in [-0.4, -0.2) is 42.2 Å². The van der Waals surface area contributed by atoms with Crippen molar-refractivity contribution < 1.29 is 13.3 Å². The van der Waals surface area contributed by atoms with Crippen molar-refractivity contribution in [2.45, 2.75) is 31.9 Å². The van der Waals surface area contributed by atoms with E-state index in [2.05, 4.69) is 0 Å². The van der Waals surface area contributed by atoms with Crippen molar-refractivity contribution in [1.82, 2.24) is 0 Å². The van der Waals surface area contributed by atoms with E-state index in [4.69, 9.17) is 24.7 Å². The normalized spacial score (nSPS) is 14.2. The van der Waals surface area contributed by atoms with E-state index in [0.29, 0.717) is 19.2 Å². The van der Waals surface area contributed by atoms with Crippen LogP contribution in [0.3, 0.4) is 0 Å². The van der Waals surface area contributed by atoms with Gasteiger partial charge in [-0.25, -0.2) is 0 Å². The zero-order valence-corrected chi connectivity index (χ0v) is 11.0. The van der Waals surface area contributed by atoms with E-state index in [1.165, 1.54) is 0 Å². The molecule has 1 atom stereocenters. The van der Waals surface area contributed by atoms with Gasteiger partial charge in [-0.1, -0.05) is 0 Å². The minimum atomic E-state index is -2.52. The molecule has 4 N–H and O–H groups in total. The average molecular weight is 236 g/mol. The van der Waals surface area contributed by atoms with Gasteiger partial charge in [0.2, 0.25) is 0 Å². The molecule has 0 radical (unpaired) electrons. The number of hydrogen-bond acceptors (Lipinski definition) is 5. The molecule has 0 spiro atoms. The second-order valence-electron chi connectivity index (χ2n) is 3.62. The highest BCUT2D eigenvalue weighted by atomic mass is 28.4. The quantitative estimate of drug-likeness (QED) is 0.445. The second-order valence-corrected chi connectivity index (χ2v) is 6.50. The Balaban J connectivity index is 4.00. The summed E-state index contributed by atoms with van der Waals surface area (Å²) in [6.45, 7) is 3.23. The van der Waals surface area contributed by atoms with Gasteiger partial charge in [0.15, 0.2) is 0 Å². The van der Waals surface area contributed by atoms with E-state index in [1.54, 1.807) is 14.2 Å². The van der Waals surface area contributed by atoms with E-state index in [1.807, 2.05) is 6.92 Å². The Morgan fingerprint density at radius 3 is 2.20 bits per heavy atom. The lowest BCUT2D eigenvalue weighted by atomic mass is 10.3. The lowest BCUT2D eigenvalue weighted by Crippen LogP contribution is -2.47. The molecule has 0 amide bonds. The minimum absolute atomic E-state index is 0.0195. The molecule has 6 heteroatoms. The summed E-state index contributed by atoms with van der Waals surface area (Å²) < 4.78 is 16.4. The Bertz CT molecular complexity index is 154. The van der Waals surface area contributed by atoms with Gasteiger partial charge in [-0.15, -0.1) is 0 Å². The second kappa shape index (κ2) is 8.20. The van der Waals surface area contributed by atoms with Crippen molar-refractivity contribution in [2.24, 2.45) is 11.5 Å². The third-order valence-corrected chi connectivity index (χ3v) is 5.15. The third-order valence-electron chi connectivity index (χ3n) is 2.11. The van der Waals surface area contributed by atoms with Crippen LogP contribution in [-0.2, 0) is 13.3 Å². The van der Waals surface area contributed by atoms with E-state index >= 15 is 0 Å². The van der Waals surface area contributed by atoms with Crippen LogP contribution in [0.5, 0.6) is 0 Å². The van der Waals surface area contributed by atoms with Gasteiger partial charge in [-0.05, 0) is 26.3 Å². The number of rotatable bonds is 9. The van der Waals surface area contributed by atoms with E-state index < -0.39 is 8.80 Å². The molecule has 0 heterocycles. The topological polar surface area (TPSA) is 79.7 Å². The molecule has 0 saturated heterocycles. The minimum Gasteiger partial charge on any atom is -0.377 e. The first-order valence-corrected chi connectivity index (χ1v) is 7.23. The van der Waals surface area contributed by atoms with Crippen LogP contribution in [0.25, 0.3) is 0 Å². The molecule has 0 aromatic heterocycles. The number of unbranched alkanes of at least 4 members (excludes halogenated alkanes) is 1. The van der Waals surface area contributed by atoms with Crippen molar-refractivity contribution in [3.05, 3.63) is 0 Å². The molecule has 0 aliphatic heterocycles. The molecule has 15 heavy (non-hydrogen) atoms. The standard InChI is InChI=1S/C9H24N2O3Si/c1-9(11)8-15(12-2,13-3)14-7-5-4-6-10/h9H,4-8,10-11H2,1-3H3. The Morgan fingerprint density at radius 2 is 1.80 bits per heavy atom. The van der Waals surface area contributed by atoms with Gasteiger partial charge in [0.25, 0.3) is 0 Å². The summed E-state index contributed by atoms with van der Waals surface area (Å²) in [5.41, 5.74) is 11.1. The Morgan fingerprint density at radius 1 is 1.20 bits per heavy atom. The zero-order valence-electron chi connectivity index (χ0n) is 9.99. The molecule has 0 aliphatic rings. The molecular formula is C9H24N2O3Si. The summed E-state index contributed by atoms with van der Waals surface area (Å²) in [5, 5.41) is 0. The molecule has 5 nitrogen and oxygen atoms in total. The molecule has 0 fully saturated rings. The summed E-state index contributed by atoms with van der Waals surface area (Å²) in [4.78, 5) is 0. The van der Waals surface area contributed by atoms with Crippen molar-refractivity contribution in [2.75, 3.05) is 27.4 Å². The van der Waals surface area contributed by atoms with Crippen molar-refractivity contribution >= 4 is 8.80 Å². The maximum absolute atomic E-state index is 5.73. The fourth-order valence-electron chi connectivity index (χ4n) is 1.30. The lowest BCUT2D eigenvalue weighted by molar-refractivity contribution is 0.0952. The summed E-state index contributed by atoms with van der Waals surface area (Å²) >= 11 is 0. The number of nitrogens with two attached hydrogens (primary N) is 2. The van der Waals surface area contributed by atoms with Gasteiger partial charge in [-0.3, -0.25) is 0 Å². The first kappa shape index (κ1) is 15.0. The van der Waals surface area contributed by atoms with Crippen molar-refractivity contribution in [1.29, 1.82) is 0 Å². The van der Waals surface area contributed by atoms with Crippen LogP contribution < -0.4 is 11.5 Å². The molecule has 0 saturated carbocycles. The van der Waals surface area contributed by atoms with Gasteiger partial charge in [0.05, 0.1) is 0 Å². The summed E-state index contributed by atoms with van der Waals surface area (Å²) in [7, 11) is 0.702. The molecule has 92 valence electrons. The Labute approximate surface area is 93.4 Å². The Hall–Kier alpha value is 0.0169. The van der Waals surface area contributed by atoms with Crippen molar-refractivity contribution in [3.63, 3.8) is 0 Å². The molecule has 0 rings (SSSR count). The third kappa shape index (κ3) is 6.24. The van der Waals surface area contributed by atoms with Crippen LogP contribution >= 0.6 is 0 Å². The predicted molar refractivity (Wildman–Crippen MR) is 62.5 cm³/mol.